The fourth-order valence-electron chi connectivity index (χ4n) is 2.25. The average molecular weight is 359 g/mol. The van der Waals surface area contributed by atoms with Crippen LogP contribution in [0.15, 0.2) is 42.5 Å². The molecule has 1 atom stereocenters. The van der Waals surface area contributed by atoms with E-state index in [-0.39, 0.29) is 29.7 Å². The second-order valence-electron chi connectivity index (χ2n) is 5.46. The van der Waals surface area contributed by atoms with Crippen LogP contribution in [0.25, 0.3) is 6.08 Å². The quantitative estimate of drug-likeness (QED) is 0.563. The molecule has 2 rings (SSSR count). The molecule has 0 radical (unpaired) electrons. The zero-order chi connectivity index (χ0) is 19.1. The highest BCUT2D eigenvalue weighted by atomic mass is 16.5. The number of carbonyl (C=O) groups is 1. The predicted molar refractivity (Wildman–Crippen MR) is 96.3 cm³/mol. The first kappa shape index (κ1) is 19.1. The van der Waals surface area contributed by atoms with Gasteiger partial charge in [0.2, 0.25) is 5.91 Å². The van der Waals surface area contributed by atoms with E-state index in [0.717, 1.165) is 0 Å². The van der Waals surface area contributed by atoms with Gasteiger partial charge in [0.05, 0.1) is 20.3 Å². The van der Waals surface area contributed by atoms with E-state index in [4.69, 9.17) is 9.47 Å². The van der Waals surface area contributed by atoms with Gasteiger partial charge in [-0.1, -0.05) is 12.1 Å². The van der Waals surface area contributed by atoms with Crippen LogP contribution in [0.4, 0.5) is 0 Å². The van der Waals surface area contributed by atoms with E-state index < -0.39 is 6.10 Å². The maximum absolute atomic E-state index is 11.9. The number of nitrogens with one attached hydrogen (secondary N) is 1. The molecule has 0 bridgehead atoms. The van der Waals surface area contributed by atoms with Crippen LogP contribution in [0.5, 0.6) is 23.0 Å². The number of carbonyl (C=O) groups excluding carboxylic acids is 1. The minimum absolute atomic E-state index is 0.00397. The van der Waals surface area contributed by atoms with Gasteiger partial charge in [0.15, 0.2) is 23.0 Å². The summed E-state index contributed by atoms with van der Waals surface area (Å²) in [4.78, 5) is 11.9. The summed E-state index contributed by atoms with van der Waals surface area (Å²) in [7, 11) is 2.85. The monoisotopic (exact) mass is 359 g/mol. The number of methoxy groups -OCH3 is 2. The number of amides is 1. The molecule has 7 heteroatoms. The molecular weight excluding hydrogens is 338 g/mol. The summed E-state index contributed by atoms with van der Waals surface area (Å²) in [5, 5.41) is 31.8. The number of hydrogen-bond acceptors (Lipinski definition) is 6. The maximum Gasteiger partial charge on any atom is 0.244 e. The largest absolute Gasteiger partial charge is 0.504 e. The number of ether oxygens (including phenoxy) is 2. The fraction of sp³-hybridized carbons (Fsp3) is 0.211. The highest BCUT2D eigenvalue weighted by Gasteiger charge is 2.11. The summed E-state index contributed by atoms with van der Waals surface area (Å²) in [6.07, 6.45) is 1.93. The molecule has 2 aromatic carbocycles. The first-order valence-electron chi connectivity index (χ1n) is 7.82. The molecule has 1 unspecified atom stereocenters. The number of phenolic OH excluding ortho intramolecular Hbond substituents is 2. The lowest BCUT2D eigenvalue weighted by Crippen LogP contribution is -2.26. The Hall–Kier alpha value is -3.19. The van der Waals surface area contributed by atoms with Gasteiger partial charge in [0.25, 0.3) is 0 Å². The van der Waals surface area contributed by atoms with E-state index in [1.165, 1.54) is 38.5 Å². The predicted octanol–water partition coefficient (Wildman–Crippen LogP) is 1.98. The number of hydrogen-bond donors (Lipinski definition) is 4. The van der Waals surface area contributed by atoms with Crippen molar-refractivity contribution in [2.75, 3.05) is 20.8 Å². The van der Waals surface area contributed by atoms with Crippen LogP contribution in [-0.2, 0) is 4.79 Å². The van der Waals surface area contributed by atoms with Crippen LogP contribution < -0.4 is 14.8 Å². The Morgan fingerprint density at radius 1 is 1.08 bits per heavy atom. The van der Waals surface area contributed by atoms with Crippen molar-refractivity contribution in [1.82, 2.24) is 5.32 Å². The number of rotatable bonds is 7. The minimum atomic E-state index is -0.949. The molecule has 26 heavy (non-hydrogen) atoms. The third-order valence-corrected chi connectivity index (χ3v) is 3.69. The van der Waals surface area contributed by atoms with Crippen molar-refractivity contribution in [3.8, 4) is 23.0 Å². The summed E-state index contributed by atoms with van der Waals surface area (Å²) in [5.74, 6) is 0.154. The Morgan fingerprint density at radius 3 is 2.35 bits per heavy atom. The number of aliphatic hydroxyl groups excluding tert-OH is 1. The Morgan fingerprint density at radius 2 is 1.69 bits per heavy atom. The molecule has 0 heterocycles. The number of benzene rings is 2. The smallest absolute Gasteiger partial charge is 0.244 e. The Bertz CT molecular complexity index is 803. The van der Waals surface area contributed by atoms with E-state index in [2.05, 4.69) is 5.32 Å². The highest BCUT2D eigenvalue weighted by molar-refractivity contribution is 5.91. The minimum Gasteiger partial charge on any atom is -0.504 e. The lowest BCUT2D eigenvalue weighted by atomic mass is 10.1. The molecule has 7 nitrogen and oxygen atoms in total. The van der Waals surface area contributed by atoms with Gasteiger partial charge in [0, 0.05) is 12.6 Å². The SMILES string of the molecule is COc1cc(/C=C/C(=O)NCC(O)c2ccc(O)c(OC)c2)ccc1O. The van der Waals surface area contributed by atoms with Crippen molar-refractivity contribution in [1.29, 1.82) is 0 Å². The molecule has 138 valence electrons. The molecule has 0 saturated carbocycles. The Balaban J connectivity index is 1.93. The van der Waals surface area contributed by atoms with E-state index in [0.29, 0.717) is 16.9 Å². The van der Waals surface area contributed by atoms with Crippen LogP contribution >= 0.6 is 0 Å². The van der Waals surface area contributed by atoms with Gasteiger partial charge in [-0.25, -0.2) is 0 Å². The second-order valence-corrected chi connectivity index (χ2v) is 5.46. The molecule has 0 saturated heterocycles. The molecule has 0 aliphatic carbocycles. The second kappa shape index (κ2) is 8.77. The standard InChI is InChI=1S/C19H21NO6/c1-25-17-9-12(3-6-14(17)21)4-8-19(24)20-11-16(23)13-5-7-15(22)18(10-13)26-2/h3-10,16,21-23H,11H2,1-2H3,(H,20,24)/b8-4+. The fourth-order valence-corrected chi connectivity index (χ4v) is 2.25. The number of phenols is 2. The molecule has 0 aromatic heterocycles. The highest BCUT2D eigenvalue weighted by Crippen LogP contribution is 2.29. The van der Waals surface area contributed by atoms with E-state index in [1.54, 1.807) is 24.3 Å². The van der Waals surface area contributed by atoms with Crippen LogP contribution in [0.1, 0.15) is 17.2 Å². The van der Waals surface area contributed by atoms with Gasteiger partial charge < -0.3 is 30.1 Å². The summed E-state index contributed by atoms with van der Waals surface area (Å²) in [6, 6.07) is 9.17. The number of aromatic hydroxyl groups is 2. The third-order valence-electron chi connectivity index (χ3n) is 3.69. The topological polar surface area (TPSA) is 108 Å². The molecule has 2 aromatic rings. The van der Waals surface area contributed by atoms with Gasteiger partial charge in [-0.15, -0.1) is 0 Å². The van der Waals surface area contributed by atoms with Gasteiger partial charge in [-0.2, -0.15) is 0 Å². The first-order valence-corrected chi connectivity index (χ1v) is 7.82. The van der Waals surface area contributed by atoms with Crippen LogP contribution in [0.2, 0.25) is 0 Å². The average Bonchev–Trinajstić information content (AvgIpc) is 2.65. The van der Waals surface area contributed by atoms with Crippen LogP contribution in [-0.4, -0.2) is 42.0 Å². The summed E-state index contributed by atoms with van der Waals surface area (Å²) in [6.45, 7) is -0.00397. The molecule has 0 aliphatic rings. The molecular formula is C19H21NO6. The maximum atomic E-state index is 11.9. The molecule has 1 amide bonds. The lowest BCUT2D eigenvalue weighted by Gasteiger charge is -2.13. The van der Waals surface area contributed by atoms with Crippen molar-refractivity contribution in [3.05, 3.63) is 53.6 Å². The summed E-state index contributed by atoms with van der Waals surface area (Å²) < 4.78 is 9.99. The Kier molecular flexibility index (Phi) is 6.46. The van der Waals surface area contributed by atoms with E-state index in [9.17, 15) is 20.1 Å². The van der Waals surface area contributed by atoms with Gasteiger partial charge in [0.1, 0.15) is 0 Å². The Labute approximate surface area is 151 Å². The van der Waals surface area contributed by atoms with Crippen molar-refractivity contribution in [2.24, 2.45) is 0 Å². The normalized spacial score (nSPS) is 12.0. The summed E-state index contributed by atoms with van der Waals surface area (Å²) >= 11 is 0. The molecule has 0 aliphatic heterocycles. The van der Waals surface area contributed by atoms with Crippen molar-refractivity contribution in [3.63, 3.8) is 0 Å². The first-order chi connectivity index (χ1) is 12.4. The van der Waals surface area contributed by atoms with Gasteiger partial charge in [-0.3, -0.25) is 4.79 Å². The molecule has 0 fully saturated rings. The third kappa shape index (κ3) is 4.90. The van der Waals surface area contributed by atoms with E-state index >= 15 is 0 Å². The van der Waals surface area contributed by atoms with E-state index in [1.807, 2.05) is 0 Å². The van der Waals surface area contributed by atoms with Gasteiger partial charge in [-0.05, 0) is 41.5 Å². The zero-order valence-electron chi connectivity index (χ0n) is 14.5. The molecule has 0 spiro atoms. The van der Waals surface area contributed by atoms with Crippen LogP contribution in [0, 0.1) is 0 Å². The van der Waals surface area contributed by atoms with Crippen molar-refractivity contribution >= 4 is 12.0 Å². The summed E-state index contributed by atoms with van der Waals surface area (Å²) in [5.41, 5.74) is 1.19. The number of aliphatic hydroxyl groups is 1. The van der Waals surface area contributed by atoms with Gasteiger partial charge >= 0.3 is 0 Å². The van der Waals surface area contributed by atoms with Crippen molar-refractivity contribution < 1.29 is 29.6 Å². The van der Waals surface area contributed by atoms with Crippen LogP contribution in [0.3, 0.4) is 0 Å². The zero-order valence-corrected chi connectivity index (χ0v) is 14.5. The van der Waals surface area contributed by atoms with Crippen molar-refractivity contribution in [2.45, 2.75) is 6.10 Å². The lowest BCUT2D eigenvalue weighted by molar-refractivity contribution is -0.116. The molecule has 4 N–H and O–H groups in total.